The second-order valence-electron chi connectivity index (χ2n) is 6.52. The number of fused-ring (bicyclic) bond motifs is 1. The fourth-order valence-corrected chi connectivity index (χ4v) is 4.03. The van der Waals surface area contributed by atoms with Crippen LogP contribution >= 0.6 is 0 Å². The average Bonchev–Trinajstić information content (AvgIpc) is 2.50. The minimum absolute atomic E-state index is 0.119. The molecule has 3 rings (SSSR count). The molecule has 1 heterocycles. The monoisotopic (exact) mass is 290 g/mol. The molecule has 2 N–H and O–H groups in total. The molecule has 1 saturated carbocycles. The maximum Gasteiger partial charge on any atom is 0.257 e. The number of hydrogen-bond acceptors (Lipinski definition) is 2. The zero-order valence-corrected chi connectivity index (χ0v) is 12.5. The molecule has 4 heteroatoms. The van der Waals surface area contributed by atoms with Crippen LogP contribution in [0.4, 0.5) is 10.1 Å². The third kappa shape index (κ3) is 2.63. The van der Waals surface area contributed by atoms with Gasteiger partial charge in [0.1, 0.15) is 5.82 Å². The van der Waals surface area contributed by atoms with E-state index < -0.39 is 5.82 Å². The maximum absolute atomic E-state index is 14.0. The van der Waals surface area contributed by atoms with Crippen molar-refractivity contribution in [2.24, 2.45) is 11.8 Å². The van der Waals surface area contributed by atoms with Gasteiger partial charge >= 0.3 is 0 Å². The topological polar surface area (TPSA) is 46.3 Å². The first kappa shape index (κ1) is 14.4. The number of carbonyl (C=O) groups is 1. The lowest BCUT2D eigenvalue weighted by Crippen LogP contribution is -2.52. The molecule has 114 valence electrons. The molecule has 0 radical (unpaired) electrons. The van der Waals surface area contributed by atoms with Gasteiger partial charge in [-0.05, 0) is 49.3 Å². The van der Waals surface area contributed by atoms with Gasteiger partial charge in [-0.2, -0.15) is 0 Å². The SMILES string of the molecule is CC1CCN(C(=O)c2cc(N)ccc2F)C2CCCCC12. The largest absolute Gasteiger partial charge is 0.399 e. The molecule has 1 aliphatic heterocycles. The summed E-state index contributed by atoms with van der Waals surface area (Å²) in [4.78, 5) is 14.7. The average molecular weight is 290 g/mol. The number of anilines is 1. The van der Waals surface area contributed by atoms with Crippen LogP contribution in [0.2, 0.25) is 0 Å². The molecule has 1 aromatic rings. The number of carbonyl (C=O) groups excluding carboxylic acids is 1. The van der Waals surface area contributed by atoms with Gasteiger partial charge in [-0.15, -0.1) is 0 Å². The van der Waals surface area contributed by atoms with E-state index >= 15 is 0 Å². The molecule has 0 bridgehead atoms. The number of nitrogens with two attached hydrogens (primary N) is 1. The third-order valence-corrected chi connectivity index (χ3v) is 5.22. The molecule has 21 heavy (non-hydrogen) atoms. The predicted octanol–water partition coefficient (Wildman–Crippen LogP) is 3.45. The van der Waals surface area contributed by atoms with Crippen LogP contribution in [0.3, 0.4) is 0 Å². The quantitative estimate of drug-likeness (QED) is 0.805. The van der Waals surface area contributed by atoms with Crippen LogP contribution in [0.5, 0.6) is 0 Å². The first-order valence-electron chi connectivity index (χ1n) is 7.94. The second-order valence-corrected chi connectivity index (χ2v) is 6.52. The number of hydrogen-bond donors (Lipinski definition) is 1. The van der Waals surface area contributed by atoms with Crippen molar-refractivity contribution in [3.05, 3.63) is 29.6 Å². The van der Waals surface area contributed by atoms with Crippen molar-refractivity contribution >= 4 is 11.6 Å². The Morgan fingerprint density at radius 1 is 1.29 bits per heavy atom. The number of likely N-dealkylation sites (tertiary alicyclic amines) is 1. The molecule has 3 atom stereocenters. The molecular weight excluding hydrogens is 267 g/mol. The van der Waals surface area contributed by atoms with E-state index in [1.165, 1.54) is 31.0 Å². The summed E-state index contributed by atoms with van der Waals surface area (Å²) in [6.07, 6.45) is 5.66. The van der Waals surface area contributed by atoms with Crippen molar-refractivity contribution in [2.75, 3.05) is 12.3 Å². The van der Waals surface area contributed by atoms with E-state index in [2.05, 4.69) is 6.92 Å². The minimum atomic E-state index is -0.472. The zero-order valence-electron chi connectivity index (χ0n) is 12.5. The van der Waals surface area contributed by atoms with Crippen LogP contribution in [-0.2, 0) is 0 Å². The lowest BCUT2D eigenvalue weighted by Gasteiger charge is -2.47. The minimum Gasteiger partial charge on any atom is -0.399 e. The van der Waals surface area contributed by atoms with E-state index in [1.54, 1.807) is 0 Å². The molecule has 2 aliphatic rings. The van der Waals surface area contributed by atoms with Crippen molar-refractivity contribution < 1.29 is 9.18 Å². The summed E-state index contributed by atoms with van der Waals surface area (Å²) in [6.45, 7) is 3.02. The van der Waals surface area contributed by atoms with Gasteiger partial charge < -0.3 is 10.6 Å². The van der Waals surface area contributed by atoms with Crippen molar-refractivity contribution in [3.63, 3.8) is 0 Å². The highest BCUT2D eigenvalue weighted by Gasteiger charge is 2.40. The van der Waals surface area contributed by atoms with Crippen molar-refractivity contribution in [1.82, 2.24) is 4.90 Å². The van der Waals surface area contributed by atoms with Crippen LogP contribution in [-0.4, -0.2) is 23.4 Å². The van der Waals surface area contributed by atoms with Gasteiger partial charge in [-0.25, -0.2) is 4.39 Å². The molecule has 1 saturated heterocycles. The summed E-state index contributed by atoms with van der Waals surface area (Å²) < 4.78 is 14.0. The summed E-state index contributed by atoms with van der Waals surface area (Å²) >= 11 is 0. The normalized spacial score (nSPS) is 29.0. The zero-order chi connectivity index (χ0) is 15.0. The predicted molar refractivity (Wildman–Crippen MR) is 81.4 cm³/mol. The van der Waals surface area contributed by atoms with E-state index in [-0.39, 0.29) is 17.5 Å². The van der Waals surface area contributed by atoms with Gasteiger partial charge in [0.15, 0.2) is 0 Å². The number of nitrogens with zero attached hydrogens (tertiary/aromatic N) is 1. The Labute approximate surface area is 125 Å². The Hall–Kier alpha value is -1.58. The molecule has 0 aromatic heterocycles. The first-order chi connectivity index (χ1) is 10.1. The Kier molecular flexibility index (Phi) is 3.87. The fraction of sp³-hybridized carbons (Fsp3) is 0.588. The van der Waals surface area contributed by atoms with E-state index in [0.29, 0.717) is 17.5 Å². The van der Waals surface area contributed by atoms with Crippen LogP contribution in [0.1, 0.15) is 49.4 Å². The van der Waals surface area contributed by atoms with Crippen LogP contribution in [0.25, 0.3) is 0 Å². The van der Waals surface area contributed by atoms with Gasteiger partial charge in [-0.3, -0.25) is 4.79 Å². The van der Waals surface area contributed by atoms with E-state index in [9.17, 15) is 9.18 Å². The second kappa shape index (κ2) is 5.66. The van der Waals surface area contributed by atoms with Gasteiger partial charge in [0, 0.05) is 18.3 Å². The standard InChI is InChI=1S/C17H23FN2O/c1-11-8-9-20(16-5-3-2-4-13(11)16)17(21)14-10-12(19)6-7-15(14)18/h6-7,10-11,13,16H,2-5,8-9,19H2,1H3. The Bertz CT molecular complexity index is 546. The summed E-state index contributed by atoms with van der Waals surface area (Å²) in [5.41, 5.74) is 6.27. The smallest absolute Gasteiger partial charge is 0.257 e. The molecule has 3 unspecified atom stereocenters. The van der Waals surface area contributed by atoms with Gasteiger partial charge in [0.25, 0.3) is 5.91 Å². The van der Waals surface area contributed by atoms with Gasteiger partial charge in [0.2, 0.25) is 0 Å². The molecule has 0 spiro atoms. The molecule has 3 nitrogen and oxygen atoms in total. The summed E-state index contributed by atoms with van der Waals surface area (Å²) in [6, 6.07) is 4.52. The first-order valence-corrected chi connectivity index (χ1v) is 7.94. The Morgan fingerprint density at radius 3 is 2.86 bits per heavy atom. The lowest BCUT2D eigenvalue weighted by atomic mass is 9.72. The Morgan fingerprint density at radius 2 is 2.05 bits per heavy atom. The van der Waals surface area contributed by atoms with Gasteiger partial charge in [0.05, 0.1) is 5.56 Å². The lowest BCUT2D eigenvalue weighted by molar-refractivity contribution is 0.0214. The highest BCUT2D eigenvalue weighted by atomic mass is 19.1. The molecular formula is C17H23FN2O. The maximum atomic E-state index is 14.0. The molecule has 1 aliphatic carbocycles. The molecule has 1 aromatic carbocycles. The van der Waals surface area contributed by atoms with Crippen molar-refractivity contribution in [3.8, 4) is 0 Å². The highest BCUT2D eigenvalue weighted by molar-refractivity contribution is 5.95. The molecule has 1 amide bonds. The van der Waals surface area contributed by atoms with E-state index in [4.69, 9.17) is 5.73 Å². The summed E-state index contributed by atoms with van der Waals surface area (Å²) in [5, 5.41) is 0. The van der Waals surface area contributed by atoms with Crippen LogP contribution in [0.15, 0.2) is 18.2 Å². The number of halogens is 1. The summed E-state index contributed by atoms with van der Waals surface area (Å²) in [7, 11) is 0. The molecule has 2 fully saturated rings. The van der Waals surface area contributed by atoms with Gasteiger partial charge in [-0.1, -0.05) is 19.8 Å². The third-order valence-electron chi connectivity index (χ3n) is 5.22. The fourth-order valence-electron chi connectivity index (χ4n) is 4.03. The van der Waals surface area contributed by atoms with Crippen molar-refractivity contribution in [2.45, 2.75) is 45.1 Å². The van der Waals surface area contributed by atoms with E-state index in [1.807, 2.05) is 4.90 Å². The van der Waals surface area contributed by atoms with Crippen LogP contribution in [0, 0.1) is 17.7 Å². The number of rotatable bonds is 1. The summed E-state index contributed by atoms with van der Waals surface area (Å²) in [5.74, 6) is 0.564. The van der Waals surface area contributed by atoms with Crippen LogP contribution < -0.4 is 5.73 Å². The number of amides is 1. The van der Waals surface area contributed by atoms with Crippen molar-refractivity contribution in [1.29, 1.82) is 0 Å². The Balaban J connectivity index is 1.88. The number of benzene rings is 1. The number of piperidine rings is 1. The number of nitrogen functional groups attached to an aromatic ring is 1. The van der Waals surface area contributed by atoms with E-state index in [0.717, 1.165) is 25.8 Å². The highest BCUT2D eigenvalue weighted by Crippen LogP contribution is 2.39.